The zero-order chi connectivity index (χ0) is 89.1. The molecule has 6 aromatic carbocycles. The van der Waals surface area contributed by atoms with Gasteiger partial charge in [0, 0.05) is 51.4 Å². The molecule has 47 nitrogen and oxygen atoms in total. The number of aromatic nitrogens is 5. The molecule has 0 unspecified atom stereocenters. The first-order valence-electron chi connectivity index (χ1n) is 33.9. The van der Waals surface area contributed by atoms with E-state index in [4.69, 9.17) is 26.8 Å². The normalized spacial score (nSPS) is 12.3. The van der Waals surface area contributed by atoms with Crippen molar-refractivity contribution in [3.05, 3.63) is 133 Å². The third-order valence-corrected chi connectivity index (χ3v) is 23.8. The smallest absolute Gasteiger partial charge is 0.425 e. The first kappa shape index (κ1) is 95.4. The minimum atomic E-state index is -5.16. The van der Waals surface area contributed by atoms with Gasteiger partial charge in [0.05, 0.1) is 104 Å². The van der Waals surface area contributed by atoms with Crippen LogP contribution in [-0.4, -0.2) is 196 Å². The minimum Gasteiger partial charge on any atom is -0.497 e. The number of nitriles is 1. The third-order valence-electron chi connectivity index (χ3n) is 15.7. The fourth-order valence-electron chi connectivity index (χ4n) is 10.3. The average Bonchev–Trinajstić information content (AvgIpc) is 1.65. The summed E-state index contributed by atoms with van der Waals surface area (Å²) < 4.78 is 245. The number of nitro benzene ring substituents is 2. The topological polar surface area (TPSA) is 714 Å². The summed E-state index contributed by atoms with van der Waals surface area (Å²) in [7, 11) is -29.4. The van der Waals surface area contributed by atoms with E-state index in [1.807, 2.05) is 0 Å². The molecule has 0 aliphatic heterocycles. The minimum absolute atomic E-state index is 0.00810. The Morgan fingerprint density at radius 1 is 0.512 bits per heavy atom. The molecular formula is C64H66N18O29S10. The van der Waals surface area contributed by atoms with E-state index in [-0.39, 0.29) is 167 Å². The fourth-order valence-corrected chi connectivity index (χ4v) is 16.7. The highest BCUT2D eigenvalue weighted by atomic mass is 32.2. The Morgan fingerprint density at radius 3 is 1.50 bits per heavy atom. The van der Waals surface area contributed by atoms with Crippen molar-refractivity contribution in [3.63, 3.8) is 0 Å². The van der Waals surface area contributed by atoms with Crippen LogP contribution in [0.1, 0.15) is 54.4 Å². The van der Waals surface area contributed by atoms with Crippen molar-refractivity contribution < 1.29 is 120 Å². The lowest BCUT2D eigenvalue weighted by Gasteiger charge is -2.15. The van der Waals surface area contributed by atoms with E-state index < -0.39 is 150 Å². The van der Waals surface area contributed by atoms with Crippen LogP contribution in [0.4, 0.5) is 80.1 Å². The van der Waals surface area contributed by atoms with Gasteiger partial charge < -0.3 is 30.0 Å². The van der Waals surface area contributed by atoms with Gasteiger partial charge in [-0.1, -0.05) is 11.8 Å². The van der Waals surface area contributed by atoms with Crippen LogP contribution in [0.15, 0.2) is 152 Å². The number of aromatic hydroxyl groups is 1. The second kappa shape index (κ2) is 41.4. The number of nitrogens with one attached hydrogen (secondary N) is 2. The van der Waals surface area contributed by atoms with Gasteiger partial charge in [-0.3, -0.25) is 51.9 Å². The summed E-state index contributed by atoms with van der Waals surface area (Å²) in [6.45, 7) is 3.75. The molecule has 0 bridgehead atoms. The van der Waals surface area contributed by atoms with E-state index in [2.05, 4.69) is 77.6 Å². The van der Waals surface area contributed by atoms with Crippen LogP contribution in [0.25, 0.3) is 16.7 Å². The van der Waals surface area contributed by atoms with Crippen LogP contribution in [0, 0.1) is 52.3 Å². The van der Waals surface area contributed by atoms with Crippen LogP contribution in [0.2, 0.25) is 0 Å². The summed E-state index contributed by atoms with van der Waals surface area (Å²) >= 11 is 2.73. The number of azo groups is 4. The lowest BCUT2D eigenvalue weighted by atomic mass is 10.1. The van der Waals surface area contributed by atoms with Crippen LogP contribution in [-0.2, 0) is 71.3 Å². The largest absolute Gasteiger partial charge is 0.497 e. The fraction of sp³-hybridized carbons (Fsp3) is 0.297. The van der Waals surface area contributed by atoms with Crippen molar-refractivity contribution in [2.45, 2.75) is 72.7 Å². The second-order valence-corrected chi connectivity index (χ2v) is 37.7. The molecule has 9 aromatic rings. The molecule has 9 rings (SSSR count). The number of ether oxygens (including phenoxy) is 3. The number of aryl methyl sites for hydroxylation is 2. The molecule has 121 heavy (non-hydrogen) atoms. The van der Waals surface area contributed by atoms with Gasteiger partial charge in [-0.05, 0) is 130 Å². The number of non-ortho nitro benzene ring substituents is 2. The number of nitrogens with zero attached hydrogens (tertiary/aromatic N) is 16. The SMILES string of the molecule is COc1ccc2c(c1)nc1c(C#N)c(C)c(N=Nc3cc(C)c(N=Nc4cc(Nc5nc(Nc6ccc([N+](=O)[O-])cc6OCCCS(=O)(=O)O)nc(SCCCS(=O)(=O)O)n5)c(N=Nc5cc(C)c(N=Nc6ccc([N+](=O)[O-])cc6S(=O)(=O)O)cc5SCCCS(=O)(=O)O)cc4SCCCS(=O)(=O)O)cc3OCCCS(=O)(=O)O)c(O)n12.O=S(=O)=O. The van der Waals surface area contributed by atoms with E-state index >= 15 is 0 Å². The van der Waals surface area contributed by atoms with Gasteiger partial charge in [0.15, 0.2) is 16.5 Å². The molecule has 0 atom stereocenters. The number of rotatable bonds is 41. The molecule has 0 aliphatic carbocycles. The summed E-state index contributed by atoms with van der Waals surface area (Å²) in [4.78, 5) is 39.3. The van der Waals surface area contributed by atoms with E-state index in [0.29, 0.717) is 22.8 Å². The molecule has 0 fully saturated rings. The maximum Gasteiger partial charge on any atom is 0.425 e. The zero-order valence-electron chi connectivity index (χ0n) is 62.6. The average molecular weight is 1870 g/mol. The molecule has 0 spiro atoms. The standard InChI is InChI=1S/C64H66N18O26S9.O3S/c1-36-26-50(76-79-59-38(3)42(35-65)60-66-49-30-41(106-4)12-15-53(49)80(60)61(59)83)55(108-17-6-22-113(91,92)93)32-45(36)73-78-52-31-47(68-63-69-62(70-64(71-63)111-20-9-25-116(100,101)102)67-43-13-10-39(81(84)85)28-54(43)107-16-5-21-112(88,89)90)48(34-57(52)110-19-8-24-115(97,98)99)75-77-51-27-37(2)46(33-56(51)109-18-7-23-114(94,95)96)74-72-44-14-11-40(82(86)87)29-58(44)117(103,104)105;1-4(2)3/h10-15,26-34,83H,5-9,16-25H2,1-4H3,(H,88,89,90)(H,91,92,93)(H,94,95,96)(H,97,98,99)(H,100,101,102)(H,103,104,105)(H2,67,68,69,70,71);. The highest BCUT2D eigenvalue weighted by Crippen LogP contribution is 2.47. The number of nitro groups is 2. The number of imidazole rings is 1. The predicted molar refractivity (Wildman–Crippen MR) is 436 cm³/mol. The Bertz CT molecular complexity index is 6540. The van der Waals surface area contributed by atoms with Crippen molar-refractivity contribution in [3.8, 4) is 29.2 Å². The molecule has 0 saturated heterocycles. The highest BCUT2D eigenvalue weighted by Gasteiger charge is 2.26. The third kappa shape index (κ3) is 29.4. The van der Waals surface area contributed by atoms with Crippen molar-refractivity contribution in [1.29, 1.82) is 5.26 Å². The summed E-state index contributed by atoms with van der Waals surface area (Å²) in [6.07, 6.45) is -1.10. The highest BCUT2D eigenvalue weighted by molar-refractivity contribution is 8.00. The number of thioether (sulfide) groups is 3. The molecule has 646 valence electrons. The van der Waals surface area contributed by atoms with Crippen molar-refractivity contribution in [2.75, 3.05) is 77.0 Å². The number of methoxy groups -OCH3 is 1. The Labute approximate surface area is 701 Å². The number of hydrogen-bond acceptors (Lipinski definition) is 41. The van der Waals surface area contributed by atoms with Crippen molar-refractivity contribution in [2.24, 2.45) is 40.9 Å². The second-order valence-electron chi connectivity index (χ2n) is 24.7. The first-order valence-corrected chi connectivity index (χ1v) is 47.4. The number of anilines is 4. The van der Waals surface area contributed by atoms with Gasteiger partial charge in [-0.2, -0.15) is 80.9 Å². The number of hydrogen-bond donors (Lipinski definition) is 9. The number of fused-ring (bicyclic) bond motifs is 3. The molecule has 0 radical (unpaired) electrons. The summed E-state index contributed by atoms with van der Waals surface area (Å²) in [5, 5.41) is 86.9. The maximum absolute atomic E-state index is 12.4. The van der Waals surface area contributed by atoms with Gasteiger partial charge in [-0.15, -0.1) is 66.8 Å². The molecule has 0 aliphatic rings. The lowest BCUT2D eigenvalue weighted by molar-refractivity contribution is -0.385. The molecule has 3 aromatic heterocycles. The van der Waals surface area contributed by atoms with Crippen LogP contribution in [0.5, 0.6) is 23.1 Å². The molecule has 0 saturated carbocycles. The summed E-state index contributed by atoms with van der Waals surface area (Å²) in [5.74, 6) is -5.09. The van der Waals surface area contributed by atoms with E-state index in [1.165, 1.54) is 67.8 Å². The quantitative estimate of drug-likeness (QED) is 0.00429. The molecule has 3 heterocycles. The van der Waals surface area contributed by atoms with Crippen LogP contribution in [0.3, 0.4) is 0 Å². The van der Waals surface area contributed by atoms with Gasteiger partial charge >= 0.3 is 10.6 Å². The number of pyridine rings is 1. The summed E-state index contributed by atoms with van der Waals surface area (Å²) in [5.41, 5.74) is -1.01. The number of benzene rings is 6. The van der Waals surface area contributed by atoms with Gasteiger partial charge in [-0.25, -0.2) is 4.98 Å². The van der Waals surface area contributed by atoms with Crippen LogP contribution < -0.4 is 24.8 Å². The molecule has 0 amide bonds. The lowest BCUT2D eigenvalue weighted by Crippen LogP contribution is -2.10. The Balaban J connectivity index is 0.00000445. The molecule has 9 N–H and O–H groups in total. The van der Waals surface area contributed by atoms with Crippen LogP contribution >= 0.6 is 35.3 Å². The Kier molecular flexibility index (Phi) is 32.7. The summed E-state index contributed by atoms with van der Waals surface area (Å²) in [6, 6.07) is 20.7. The predicted octanol–water partition coefficient (Wildman–Crippen LogP) is 12.8. The van der Waals surface area contributed by atoms with E-state index in [0.717, 1.165) is 59.6 Å². The van der Waals surface area contributed by atoms with E-state index in [1.54, 1.807) is 25.1 Å². The van der Waals surface area contributed by atoms with E-state index in [9.17, 15) is 108 Å². The van der Waals surface area contributed by atoms with Crippen molar-refractivity contribution in [1.82, 2.24) is 24.3 Å². The molecular weight excluding hydrogens is 1810 g/mol. The first-order chi connectivity index (χ1) is 56.6. The monoisotopic (exact) mass is 1870 g/mol. The van der Waals surface area contributed by atoms with Gasteiger partial charge in [0.1, 0.15) is 56.5 Å². The van der Waals surface area contributed by atoms with Gasteiger partial charge in [0.2, 0.25) is 17.8 Å². The Hall–Kier alpha value is -11.1. The Morgan fingerprint density at radius 2 is 0.967 bits per heavy atom. The zero-order valence-corrected chi connectivity index (χ0v) is 70.8. The van der Waals surface area contributed by atoms with Gasteiger partial charge in [0.25, 0.3) is 72.1 Å². The van der Waals surface area contributed by atoms with Crippen molar-refractivity contribution >= 4 is 203 Å². The maximum atomic E-state index is 12.4. The molecule has 57 heteroatoms.